The number of benzene rings is 1. The van der Waals surface area contributed by atoms with E-state index in [9.17, 15) is 9.59 Å². The fourth-order valence-electron chi connectivity index (χ4n) is 2.53. The molecule has 2 N–H and O–H groups in total. The van der Waals surface area contributed by atoms with Crippen LogP contribution in [-0.4, -0.2) is 34.2 Å². The molecule has 1 aromatic heterocycles. The molecule has 2 heterocycles. The first-order valence-corrected chi connectivity index (χ1v) is 10.1. The Kier molecular flexibility index (Phi) is 6.04. The summed E-state index contributed by atoms with van der Waals surface area (Å²) in [7, 11) is 0. The summed E-state index contributed by atoms with van der Waals surface area (Å²) in [6, 6.07) is 5.51. The van der Waals surface area contributed by atoms with Gasteiger partial charge in [0, 0.05) is 24.2 Å². The normalized spacial score (nSPS) is 13.7. The molecular weight excluding hydrogens is 356 g/mol. The zero-order valence-electron chi connectivity index (χ0n) is 14.0. The lowest BCUT2D eigenvalue weighted by Crippen LogP contribution is -2.10. The van der Waals surface area contributed by atoms with E-state index in [-0.39, 0.29) is 11.7 Å². The number of carbonyl (C=O) groups excluding carboxylic acids is 2. The van der Waals surface area contributed by atoms with Crippen molar-refractivity contribution in [2.45, 2.75) is 36.9 Å². The number of rotatable bonds is 7. The van der Waals surface area contributed by atoms with Crippen LogP contribution in [0, 0.1) is 0 Å². The zero-order chi connectivity index (χ0) is 17.6. The zero-order valence-corrected chi connectivity index (χ0v) is 15.6. The van der Waals surface area contributed by atoms with Crippen molar-refractivity contribution >= 4 is 45.6 Å². The largest absolute Gasteiger partial charge is 0.360 e. The fourth-order valence-corrected chi connectivity index (χ4v) is 4.20. The molecule has 0 saturated heterocycles. The molecular formula is C17H20N4O2S2. The Hall–Kier alpha value is -1.93. The molecule has 1 amide bonds. The first-order valence-electron chi connectivity index (χ1n) is 8.32. The van der Waals surface area contributed by atoms with Gasteiger partial charge in [0.15, 0.2) is 10.1 Å². The van der Waals surface area contributed by atoms with Crippen molar-refractivity contribution in [1.29, 1.82) is 0 Å². The van der Waals surface area contributed by atoms with Crippen molar-refractivity contribution in [3.05, 3.63) is 29.3 Å². The number of fused-ring (bicyclic) bond motifs is 1. The molecule has 2 aromatic rings. The third kappa shape index (κ3) is 4.79. The average Bonchev–Trinajstić information content (AvgIpc) is 2.98. The Balaban J connectivity index is 1.60. The predicted molar refractivity (Wildman–Crippen MR) is 102 cm³/mol. The number of carbonyl (C=O) groups is 2. The molecule has 0 unspecified atom stereocenters. The van der Waals surface area contributed by atoms with Crippen LogP contribution in [0.4, 0.5) is 10.8 Å². The van der Waals surface area contributed by atoms with Crippen molar-refractivity contribution in [2.24, 2.45) is 0 Å². The summed E-state index contributed by atoms with van der Waals surface area (Å²) in [6.07, 6.45) is 3.17. The topological polar surface area (TPSA) is 84.0 Å². The van der Waals surface area contributed by atoms with Crippen LogP contribution in [-0.2, 0) is 11.2 Å². The Morgan fingerprint density at radius 1 is 1.36 bits per heavy atom. The molecule has 1 aliphatic heterocycles. The highest BCUT2D eigenvalue weighted by Crippen LogP contribution is 2.27. The van der Waals surface area contributed by atoms with Crippen molar-refractivity contribution in [3.8, 4) is 0 Å². The second-order valence-corrected chi connectivity index (χ2v) is 7.99. The number of amides is 1. The van der Waals surface area contributed by atoms with Gasteiger partial charge in [-0.3, -0.25) is 9.59 Å². The van der Waals surface area contributed by atoms with Crippen LogP contribution >= 0.6 is 23.1 Å². The highest BCUT2D eigenvalue weighted by molar-refractivity contribution is 8.01. The number of ketones is 1. The molecule has 0 saturated carbocycles. The van der Waals surface area contributed by atoms with Crippen LogP contribution in [0.3, 0.4) is 0 Å². The molecule has 1 aliphatic rings. The van der Waals surface area contributed by atoms with Crippen molar-refractivity contribution in [2.75, 3.05) is 22.9 Å². The molecule has 8 heteroatoms. The van der Waals surface area contributed by atoms with E-state index >= 15 is 0 Å². The number of aromatic nitrogens is 2. The molecule has 0 fully saturated rings. The van der Waals surface area contributed by atoms with Crippen LogP contribution in [0.5, 0.6) is 0 Å². The van der Waals surface area contributed by atoms with Gasteiger partial charge in [0.25, 0.3) is 0 Å². The van der Waals surface area contributed by atoms with E-state index < -0.39 is 0 Å². The van der Waals surface area contributed by atoms with Gasteiger partial charge in [-0.25, -0.2) is 0 Å². The Labute approximate surface area is 154 Å². The van der Waals surface area contributed by atoms with Gasteiger partial charge in [-0.05, 0) is 43.0 Å². The van der Waals surface area contributed by atoms with Gasteiger partial charge < -0.3 is 10.6 Å². The van der Waals surface area contributed by atoms with Gasteiger partial charge in [-0.1, -0.05) is 30.0 Å². The monoisotopic (exact) mass is 376 g/mol. The van der Waals surface area contributed by atoms with Crippen LogP contribution in [0.2, 0.25) is 0 Å². The standard InChI is InChI=1S/C17H20N4O2S2/c1-2-8-18-16-20-21-17(25-16)24-10-14(22)12-6-7-13-11(9-12)4-3-5-15(23)19-13/h6-7,9H,2-5,8,10H2,1H3,(H,18,20)(H,19,23). The van der Waals surface area contributed by atoms with Gasteiger partial charge in [0.05, 0.1) is 5.75 Å². The summed E-state index contributed by atoms with van der Waals surface area (Å²) in [5.41, 5.74) is 2.53. The molecule has 25 heavy (non-hydrogen) atoms. The first-order chi connectivity index (χ1) is 12.2. The molecule has 132 valence electrons. The average molecular weight is 377 g/mol. The van der Waals surface area contributed by atoms with E-state index in [4.69, 9.17) is 0 Å². The molecule has 0 radical (unpaired) electrons. The summed E-state index contributed by atoms with van der Waals surface area (Å²) in [6.45, 7) is 2.96. The maximum absolute atomic E-state index is 12.5. The van der Waals surface area contributed by atoms with Gasteiger partial charge in [-0.15, -0.1) is 10.2 Å². The summed E-state index contributed by atoms with van der Waals surface area (Å²) in [4.78, 5) is 24.1. The molecule has 6 nitrogen and oxygen atoms in total. The minimum Gasteiger partial charge on any atom is -0.360 e. The lowest BCUT2D eigenvalue weighted by atomic mass is 10.0. The van der Waals surface area contributed by atoms with Crippen molar-refractivity contribution < 1.29 is 9.59 Å². The van der Waals surface area contributed by atoms with E-state index in [1.165, 1.54) is 23.1 Å². The second kappa shape index (κ2) is 8.44. The Morgan fingerprint density at radius 3 is 3.08 bits per heavy atom. The molecule has 0 aliphatic carbocycles. The minimum atomic E-state index is 0.0390. The first kappa shape index (κ1) is 17.9. The van der Waals surface area contributed by atoms with Crippen molar-refractivity contribution in [1.82, 2.24) is 10.2 Å². The van der Waals surface area contributed by atoms with Gasteiger partial charge in [0.2, 0.25) is 11.0 Å². The number of hydrogen-bond acceptors (Lipinski definition) is 7. The lowest BCUT2D eigenvalue weighted by Gasteiger charge is -2.08. The van der Waals surface area contributed by atoms with E-state index in [0.717, 1.165) is 46.5 Å². The quantitative estimate of drug-likeness (QED) is 0.567. The van der Waals surface area contributed by atoms with Gasteiger partial charge in [0.1, 0.15) is 0 Å². The van der Waals surface area contributed by atoms with Crippen LogP contribution in [0.25, 0.3) is 0 Å². The van der Waals surface area contributed by atoms with E-state index in [2.05, 4.69) is 27.8 Å². The number of Topliss-reactive ketones (excluding diaryl/α,β-unsaturated/α-hetero) is 1. The Bertz CT molecular complexity index is 776. The van der Waals surface area contributed by atoms with Crippen LogP contribution in [0.1, 0.15) is 42.1 Å². The third-order valence-corrected chi connectivity index (χ3v) is 5.82. The van der Waals surface area contributed by atoms with Crippen LogP contribution in [0.15, 0.2) is 22.5 Å². The van der Waals surface area contributed by atoms with Crippen LogP contribution < -0.4 is 10.6 Å². The second-order valence-electron chi connectivity index (χ2n) is 5.79. The number of nitrogens with one attached hydrogen (secondary N) is 2. The summed E-state index contributed by atoms with van der Waals surface area (Å²) < 4.78 is 0.786. The maximum Gasteiger partial charge on any atom is 0.224 e. The number of hydrogen-bond donors (Lipinski definition) is 2. The smallest absolute Gasteiger partial charge is 0.224 e. The minimum absolute atomic E-state index is 0.0390. The third-order valence-electron chi connectivity index (χ3n) is 3.81. The Morgan fingerprint density at radius 2 is 2.24 bits per heavy atom. The number of aryl methyl sites for hydroxylation is 1. The van der Waals surface area contributed by atoms with Gasteiger partial charge in [-0.2, -0.15) is 0 Å². The summed E-state index contributed by atoms with van der Waals surface area (Å²) in [5, 5.41) is 15.0. The molecule has 0 atom stereocenters. The summed E-state index contributed by atoms with van der Waals surface area (Å²) >= 11 is 2.87. The number of anilines is 2. The predicted octanol–water partition coefficient (Wildman–Crippen LogP) is 3.61. The highest BCUT2D eigenvalue weighted by atomic mass is 32.2. The number of nitrogens with zero attached hydrogens (tertiary/aromatic N) is 2. The van der Waals surface area contributed by atoms with E-state index in [1.807, 2.05) is 12.1 Å². The van der Waals surface area contributed by atoms with Gasteiger partial charge >= 0.3 is 0 Å². The van der Waals surface area contributed by atoms with E-state index in [1.54, 1.807) is 6.07 Å². The fraction of sp³-hybridized carbons (Fsp3) is 0.412. The summed E-state index contributed by atoms with van der Waals surface area (Å²) in [5.74, 6) is 0.423. The number of thioether (sulfide) groups is 1. The molecule has 0 bridgehead atoms. The molecule has 1 aromatic carbocycles. The van der Waals surface area contributed by atoms with E-state index in [0.29, 0.717) is 17.7 Å². The SMILES string of the molecule is CCCNc1nnc(SCC(=O)c2ccc3c(c2)CCCC(=O)N3)s1. The molecule has 3 rings (SSSR count). The molecule has 0 spiro atoms. The lowest BCUT2D eigenvalue weighted by molar-refractivity contribution is -0.116. The van der Waals surface area contributed by atoms with Crippen molar-refractivity contribution in [3.63, 3.8) is 0 Å². The maximum atomic E-state index is 12.5. The highest BCUT2D eigenvalue weighted by Gasteiger charge is 2.16.